The number of hydrogen-bond acceptors (Lipinski definition) is 4. The summed E-state index contributed by atoms with van der Waals surface area (Å²) in [5.41, 5.74) is 0.453. The Morgan fingerprint density at radius 3 is 2.81 bits per heavy atom. The van der Waals surface area contributed by atoms with Crippen molar-refractivity contribution in [1.82, 2.24) is 15.1 Å². The maximum absolute atomic E-state index is 13.1. The number of hydrogen-bond donors (Lipinski definition) is 2. The second kappa shape index (κ2) is 8.85. The average molecular weight is 395 g/mol. The van der Waals surface area contributed by atoms with Crippen molar-refractivity contribution in [3.8, 4) is 5.75 Å². The average Bonchev–Trinajstić information content (AvgIpc) is 3.28. The van der Waals surface area contributed by atoms with Gasteiger partial charge in [0.15, 0.2) is 6.61 Å². The molecule has 1 fully saturated rings. The number of nitrogens with one attached hydrogen (secondary N) is 2. The molecule has 2 aromatic rings. The van der Waals surface area contributed by atoms with E-state index in [1.165, 1.54) is 23.0 Å². The first-order valence-corrected chi connectivity index (χ1v) is 9.07. The third-order valence-electron chi connectivity index (χ3n) is 4.20. The van der Waals surface area contributed by atoms with Gasteiger partial charge in [-0.25, -0.2) is 4.39 Å². The monoisotopic (exact) mass is 394 g/mol. The molecule has 27 heavy (non-hydrogen) atoms. The third-order valence-corrected chi connectivity index (χ3v) is 4.49. The van der Waals surface area contributed by atoms with E-state index in [0.717, 1.165) is 31.7 Å². The molecule has 1 aliphatic rings. The molecule has 0 radical (unpaired) electrons. The Hall–Kier alpha value is -2.61. The molecule has 1 heterocycles. The summed E-state index contributed by atoms with van der Waals surface area (Å²) in [4.78, 5) is 23.9. The van der Waals surface area contributed by atoms with Gasteiger partial charge in [0.1, 0.15) is 18.1 Å². The number of rotatable bonds is 7. The Morgan fingerprint density at radius 2 is 2.07 bits per heavy atom. The Balaban J connectivity index is 1.44. The first-order valence-electron chi connectivity index (χ1n) is 8.69. The molecule has 2 amide bonds. The van der Waals surface area contributed by atoms with Crippen LogP contribution in [-0.2, 0) is 16.1 Å². The van der Waals surface area contributed by atoms with Crippen LogP contribution in [0.4, 0.5) is 10.1 Å². The highest BCUT2D eigenvalue weighted by Gasteiger charge is 2.17. The fourth-order valence-electron chi connectivity index (χ4n) is 2.92. The molecule has 1 aromatic heterocycles. The lowest BCUT2D eigenvalue weighted by atomic mass is 10.2. The van der Waals surface area contributed by atoms with Crippen LogP contribution in [0, 0.1) is 5.82 Å². The number of ether oxygens (including phenoxy) is 1. The zero-order valence-corrected chi connectivity index (χ0v) is 15.3. The van der Waals surface area contributed by atoms with Crippen LogP contribution in [0.15, 0.2) is 30.6 Å². The van der Waals surface area contributed by atoms with E-state index in [0.29, 0.717) is 5.69 Å². The number of anilines is 1. The number of nitrogens with zero attached hydrogens (tertiary/aromatic N) is 2. The van der Waals surface area contributed by atoms with Gasteiger partial charge in [-0.2, -0.15) is 5.10 Å². The van der Waals surface area contributed by atoms with Gasteiger partial charge in [0.2, 0.25) is 5.91 Å². The summed E-state index contributed by atoms with van der Waals surface area (Å²) in [6, 6.07) is 4.10. The first-order chi connectivity index (χ1) is 13.0. The first kappa shape index (κ1) is 19.2. The molecule has 1 aromatic carbocycles. The highest BCUT2D eigenvalue weighted by Crippen LogP contribution is 2.21. The maximum atomic E-state index is 13.1. The lowest BCUT2D eigenvalue weighted by Crippen LogP contribution is -2.35. The SMILES string of the molecule is O=C(COc1ccc(F)c(Cl)c1)Nc1cnn(CC(=O)NC2CCCC2)c1. The van der Waals surface area contributed by atoms with Crippen LogP contribution in [0.25, 0.3) is 0 Å². The van der Waals surface area contributed by atoms with Gasteiger partial charge in [0, 0.05) is 18.3 Å². The molecule has 0 spiro atoms. The molecule has 0 aliphatic heterocycles. The zero-order chi connectivity index (χ0) is 19.2. The Bertz CT molecular complexity index is 821. The predicted molar refractivity (Wildman–Crippen MR) is 98.2 cm³/mol. The lowest BCUT2D eigenvalue weighted by Gasteiger charge is -2.11. The smallest absolute Gasteiger partial charge is 0.262 e. The summed E-state index contributed by atoms with van der Waals surface area (Å²) in [7, 11) is 0. The number of aromatic nitrogens is 2. The van der Waals surface area contributed by atoms with Gasteiger partial charge in [-0.15, -0.1) is 0 Å². The van der Waals surface area contributed by atoms with Crippen molar-refractivity contribution in [2.45, 2.75) is 38.3 Å². The Morgan fingerprint density at radius 1 is 1.30 bits per heavy atom. The summed E-state index contributed by atoms with van der Waals surface area (Å²) in [5, 5.41) is 9.58. The van der Waals surface area contributed by atoms with Crippen LogP contribution in [0.5, 0.6) is 5.75 Å². The topological polar surface area (TPSA) is 85.2 Å². The normalized spacial score (nSPS) is 14.1. The van der Waals surface area contributed by atoms with Crippen LogP contribution in [0.3, 0.4) is 0 Å². The summed E-state index contributed by atoms with van der Waals surface area (Å²) < 4.78 is 19.8. The number of halogens is 2. The Kier molecular flexibility index (Phi) is 6.28. The molecule has 0 unspecified atom stereocenters. The fourth-order valence-corrected chi connectivity index (χ4v) is 3.09. The van der Waals surface area contributed by atoms with Crippen molar-refractivity contribution in [3.63, 3.8) is 0 Å². The predicted octanol–water partition coefficient (Wildman–Crippen LogP) is 2.75. The summed E-state index contributed by atoms with van der Waals surface area (Å²) in [6.45, 7) is -0.174. The number of carbonyl (C=O) groups excluding carboxylic acids is 2. The largest absolute Gasteiger partial charge is 0.484 e. The maximum Gasteiger partial charge on any atom is 0.262 e. The van der Waals surface area contributed by atoms with E-state index in [4.69, 9.17) is 16.3 Å². The molecule has 1 aliphatic carbocycles. The third kappa shape index (κ3) is 5.68. The quantitative estimate of drug-likeness (QED) is 0.756. The van der Waals surface area contributed by atoms with E-state index in [-0.39, 0.29) is 35.9 Å². The molecule has 3 rings (SSSR count). The second-order valence-corrected chi connectivity index (χ2v) is 6.80. The van der Waals surface area contributed by atoms with E-state index < -0.39 is 11.7 Å². The van der Waals surface area contributed by atoms with Crippen LogP contribution >= 0.6 is 11.6 Å². The van der Waals surface area contributed by atoms with Gasteiger partial charge in [-0.1, -0.05) is 24.4 Å². The van der Waals surface area contributed by atoms with Crippen LogP contribution in [0.2, 0.25) is 5.02 Å². The minimum absolute atomic E-state index is 0.0786. The van der Waals surface area contributed by atoms with Gasteiger partial charge in [0.25, 0.3) is 5.91 Å². The number of amides is 2. The molecule has 144 valence electrons. The minimum atomic E-state index is -0.558. The van der Waals surface area contributed by atoms with Gasteiger partial charge in [-0.3, -0.25) is 14.3 Å². The van der Waals surface area contributed by atoms with E-state index in [1.54, 1.807) is 6.20 Å². The van der Waals surface area contributed by atoms with Crippen molar-refractivity contribution in [3.05, 3.63) is 41.4 Å². The van der Waals surface area contributed by atoms with Gasteiger partial charge in [0.05, 0.1) is 16.9 Å². The van der Waals surface area contributed by atoms with Crippen molar-refractivity contribution in [2.24, 2.45) is 0 Å². The molecule has 0 saturated heterocycles. The lowest BCUT2D eigenvalue weighted by molar-refractivity contribution is -0.122. The molecule has 2 N–H and O–H groups in total. The van der Waals surface area contributed by atoms with Crippen molar-refractivity contribution in [1.29, 1.82) is 0 Å². The van der Waals surface area contributed by atoms with Gasteiger partial charge < -0.3 is 15.4 Å². The van der Waals surface area contributed by atoms with Crippen LogP contribution in [0.1, 0.15) is 25.7 Å². The molecule has 1 saturated carbocycles. The Labute approximate surface area is 160 Å². The molecule has 0 bridgehead atoms. The van der Waals surface area contributed by atoms with Gasteiger partial charge in [-0.05, 0) is 25.0 Å². The summed E-state index contributed by atoms with van der Waals surface area (Å²) >= 11 is 5.66. The van der Waals surface area contributed by atoms with Gasteiger partial charge >= 0.3 is 0 Å². The van der Waals surface area contributed by atoms with Crippen LogP contribution < -0.4 is 15.4 Å². The molecule has 7 nitrogen and oxygen atoms in total. The zero-order valence-electron chi connectivity index (χ0n) is 14.6. The van der Waals surface area contributed by atoms with E-state index >= 15 is 0 Å². The van der Waals surface area contributed by atoms with E-state index in [2.05, 4.69) is 15.7 Å². The number of carbonyl (C=O) groups is 2. The molecule has 9 heteroatoms. The summed E-state index contributed by atoms with van der Waals surface area (Å²) in [6.07, 6.45) is 7.36. The van der Waals surface area contributed by atoms with E-state index in [9.17, 15) is 14.0 Å². The highest BCUT2D eigenvalue weighted by atomic mass is 35.5. The van der Waals surface area contributed by atoms with Crippen molar-refractivity contribution < 1.29 is 18.7 Å². The molecule has 0 atom stereocenters. The van der Waals surface area contributed by atoms with Crippen molar-refractivity contribution >= 4 is 29.1 Å². The number of benzene rings is 1. The molecular formula is C18H20ClFN4O3. The van der Waals surface area contributed by atoms with E-state index in [1.807, 2.05) is 0 Å². The minimum Gasteiger partial charge on any atom is -0.484 e. The standard InChI is InChI=1S/C18H20ClFN4O3/c19-15-7-14(5-6-16(15)20)27-11-18(26)23-13-8-21-24(9-13)10-17(25)22-12-3-1-2-4-12/h5-9,12H,1-4,10-11H2,(H,22,25)(H,23,26). The van der Waals surface area contributed by atoms with Crippen molar-refractivity contribution in [2.75, 3.05) is 11.9 Å². The molecular weight excluding hydrogens is 375 g/mol. The fraction of sp³-hybridized carbons (Fsp3) is 0.389. The van der Waals surface area contributed by atoms with Crippen LogP contribution in [-0.4, -0.2) is 34.2 Å². The summed E-state index contributed by atoms with van der Waals surface area (Å²) in [5.74, 6) is -0.779. The highest BCUT2D eigenvalue weighted by molar-refractivity contribution is 6.30. The second-order valence-electron chi connectivity index (χ2n) is 6.39.